The van der Waals surface area contributed by atoms with Crippen LogP contribution in [0.25, 0.3) is 0 Å². The van der Waals surface area contributed by atoms with E-state index < -0.39 is 11.9 Å². The number of benzene rings is 2. The fraction of sp³-hybridized carbons (Fsp3) is 0.190. The number of hydrogen-bond acceptors (Lipinski definition) is 3. The fourth-order valence-electron chi connectivity index (χ4n) is 3.13. The lowest BCUT2D eigenvalue weighted by molar-refractivity contribution is -0.137. The van der Waals surface area contributed by atoms with Crippen LogP contribution < -0.4 is 4.90 Å². The molecule has 0 radical (unpaired) electrons. The van der Waals surface area contributed by atoms with Crippen LogP contribution in [0, 0.1) is 0 Å². The Balaban J connectivity index is 1.81. The number of halogens is 1. The normalized spacial score (nSPS) is 16.5. The highest BCUT2D eigenvalue weighted by Gasteiger charge is 2.43. The van der Waals surface area contributed by atoms with Crippen molar-refractivity contribution in [3.05, 3.63) is 77.8 Å². The SMILES string of the molecule is C=CCN(C(=O)Cc1ccc(Cl)cc1)C1CC(=O)N(c2ccccc2)C1=O. The Bertz CT molecular complexity index is 865. The second-order valence-corrected chi connectivity index (χ2v) is 6.70. The lowest BCUT2D eigenvalue weighted by Crippen LogP contribution is -2.46. The maximum absolute atomic E-state index is 12.9. The van der Waals surface area contributed by atoms with Crippen LogP contribution in [0.2, 0.25) is 5.02 Å². The van der Waals surface area contributed by atoms with E-state index in [1.165, 1.54) is 4.90 Å². The predicted molar refractivity (Wildman–Crippen MR) is 104 cm³/mol. The molecular weight excluding hydrogens is 364 g/mol. The van der Waals surface area contributed by atoms with Crippen LogP contribution in [0.1, 0.15) is 12.0 Å². The van der Waals surface area contributed by atoms with Crippen molar-refractivity contribution in [1.29, 1.82) is 0 Å². The number of hydrogen-bond donors (Lipinski definition) is 0. The maximum Gasteiger partial charge on any atom is 0.257 e. The van der Waals surface area contributed by atoms with Gasteiger partial charge in [-0.3, -0.25) is 14.4 Å². The molecule has 1 unspecified atom stereocenters. The van der Waals surface area contributed by atoms with Gasteiger partial charge in [0.1, 0.15) is 6.04 Å². The van der Waals surface area contributed by atoms with Gasteiger partial charge in [-0.05, 0) is 29.8 Å². The number of carbonyl (C=O) groups is 3. The maximum atomic E-state index is 12.9. The van der Waals surface area contributed by atoms with Crippen LogP contribution in [-0.4, -0.2) is 35.2 Å². The first-order valence-electron chi connectivity index (χ1n) is 8.58. The largest absolute Gasteiger partial charge is 0.326 e. The molecule has 1 fully saturated rings. The molecule has 2 aromatic carbocycles. The molecule has 3 amide bonds. The van der Waals surface area contributed by atoms with Crippen molar-refractivity contribution in [1.82, 2.24) is 4.90 Å². The van der Waals surface area contributed by atoms with Crippen molar-refractivity contribution in [3.8, 4) is 0 Å². The van der Waals surface area contributed by atoms with Gasteiger partial charge in [-0.1, -0.05) is 48.0 Å². The van der Waals surface area contributed by atoms with Crippen molar-refractivity contribution in [3.63, 3.8) is 0 Å². The number of nitrogens with zero attached hydrogens (tertiary/aromatic N) is 2. The van der Waals surface area contributed by atoms with Gasteiger partial charge >= 0.3 is 0 Å². The highest BCUT2D eigenvalue weighted by molar-refractivity contribution is 6.30. The van der Waals surface area contributed by atoms with Crippen LogP contribution in [0.3, 0.4) is 0 Å². The van der Waals surface area contributed by atoms with E-state index in [0.29, 0.717) is 10.7 Å². The Kier molecular flexibility index (Phi) is 5.72. The average molecular weight is 383 g/mol. The van der Waals surface area contributed by atoms with Crippen LogP contribution in [-0.2, 0) is 20.8 Å². The third kappa shape index (κ3) is 4.09. The molecular formula is C21H19ClN2O3. The molecule has 0 N–H and O–H groups in total. The Morgan fingerprint density at radius 3 is 2.44 bits per heavy atom. The summed E-state index contributed by atoms with van der Waals surface area (Å²) < 4.78 is 0. The van der Waals surface area contributed by atoms with Crippen molar-refractivity contribution < 1.29 is 14.4 Å². The highest BCUT2D eigenvalue weighted by atomic mass is 35.5. The van der Waals surface area contributed by atoms with Crippen LogP contribution in [0.5, 0.6) is 0 Å². The summed E-state index contributed by atoms with van der Waals surface area (Å²) in [5.74, 6) is -0.944. The van der Waals surface area contributed by atoms with E-state index >= 15 is 0 Å². The number of anilines is 1. The van der Waals surface area contributed by atoms with Crippen LogP contribution in [0.4, 0.5) is 5.69 Å². The number of carbonyl (C=O) groups excluding carboxylic acids is 3. The molecule has 0 aliphatic carbocycles. The molecule has 5 nitrogen and oxygen atoms in total. The Morgan fingerprint density at radius 1 is 1.15 bits per heavy atom. The van der Waals surface area contributed by atoms with Crippen LogP contribution >= 0.6 is 11.6 Å². The van der Waals surface area contributed by atoms with Crippen molar-refractivity contribution in [2.24, 2.45) is 0 Å². The van der Waals surface area contributed by atoms with Gasteiger partial charge in [0.15, 0.2) is 0 Å². The van der Waals surface area contributed by atoms with Crippen molar-refractivity contribution >= 4 is 35.0 Å². The third-order valence-corrected chi connectivity index (χ3v) is 4.68. The van der Waals surface area contributed by atoms with Gasteiger partial charge in [0.05, 0.1) is 18.5 Å². The highest BCUT2D eigenvalue weighted by Crippen LogP contribution is 2.26. The Hall–Kier alpha value is -2.92. The first kappa shape index (κ1) is 18.9. The van der Waals surface area contributed by atoms with E-state index in [4.69, 9.17) is 11.6 Å². The van der Waals surface area contributed by atoms with Gasteiger partial charge in [0, 0.05) is 11.6 Å². The summed E-state index contributed by atoms with van der Waals surface area (Å²) in [6, 6.07) is 14.9. The fourth-order valence-corrected chi connectivity index (χ4v) is 3.25. The van der Waals surface area contributed by atoms with E-state index in [0.717, 1.165) is 10.5 Å². The third-order valence-electron chi connectivity index (χ3n) is 4.43. The van der Waals surface area contributed by atoms with Gasteiger partial charge in [-0.25, -0.2) is 4.90 Å². The molecule has 0 aromatic heterocycles. The number of amides is 3. The standard InChI is InChI=1S/C21H19ClN2O3/c1-2-12-23(19(25)13-15-8-10-16(22)11-9-15)18-14-20(26)24(21(18)27)17-6-4-3-5-7-17/h2-11,18H,1,12-14H2. The minimum Gasteiger partial charge on any atom is -0.326 e. The summed E-state index contributed by atoms with van der Waals surface area (Å²) >= 11 is 5.88. The molecule has 1 aliphatic heterocycles. The zero-order chi connectivity index (χ0) is 19.4. The van der Waals surface area contributed by atoms with E-state index in [-0.39, 0.29) is 31.2 Å². The monoisotopic (exact) mass is 382 g/mol. The molecule has 0 saturated carbocycles. The number of para-hydroxylation sites is 1. The number of rotatable bonds is 6. The lowest BCUT2D eigenvalue weighted by Gasteiger charge is -2.26. The Labute approximate surface area is 162 Å². The molecule has 1 aliphatic rings. The molecule has 1 saturated heterocycles. The topological polar surface area (TPSA) is 57.7 Å². The second-order valence-electron chi connectivity index (χ2n) is 6.26. The van der Waals surface area contributed by atoms with Crippen molar-refractivity contribution in [2.45, 2.75) is 18.9 Å². The summed E-state index contributed by atoms with van der Waals surface area (Å²) in [7, 11) is 0. The smallest absolute Gasteiger partial charge is 0.257 e. The van der Waals surface area contributed by atoms with E-state index in [9.17, 15) is 14.4 Å². The van der Waals surface area contributed by atoms with E-state index in [2.05, 4.69) is 6.58 Å². The Morgan fingerprint density at radius 2 is 1.81 bits per heavy atom. The molecule has 0 spiro atoms. The van der Waals surface area contributed by atoms with Gasteiger partial charge in [0.2, 0.25) is 11.8 Å². The van der Waals surface area contributed by atoms with Gasteiger partial charge in [-0.2, -0.15) is 0 Å². The summed E-state index contributed by atoms with van der Waals surface area (Å²) in [4.78, 5) is 40.7. The molecule has 27 heavy (non-hydrogen) atoms. The molecule has 2 aromatic rings. The van der Waals surface area contributed by atoms with Crippen LogP contribution in [0.15, 0.2) is 67.3 Å². The summed E-state index contributed by atoms with van der Waals surface area (Å²) in [6.45, 7) is 3.87. The minimum absolute atomic E-state index is 0.0338. The lowest BCUT2D eigenvalue weighted by atomic mass is 10.1. The first-order valence-corrected chi connectivity index (χ1v) is 8.95. The van der Waals surface area contributed by atoms with Gasteiger partial charge < -0.3 is 4.90 Å². The zero-order valence-electron chi connectivity index (χ0n) is 14.7. The second kappa shape index (κ2) is 8.18. The predicted octanol–water partition coefficient (Wildman–Crippen LogP) is 3.23. The minimum atomic E-state index is -0.824. The summed E-state index contributed by atoms with van der Waals surface area (Å²) in [5, 5.41) is 0.587. The van der Waals surface area contributed by atoms with Crippen molar-refractivity contribution in [2.75, 3.05) is 11.4 Å². The summed E-state index contributed by atoms with van der Waals surface area (Å²) in [5.41, 5.74) is 1.30. The van der Waals surface area contributed by atoms with E-state index in [1.807, 2.05) is 6.07 Å². The zero-order valence-corrected chi connectivity index (χ0v) is 15.4. The average Bonchev–Trinajstić information content (AvgIpc) is 2.96. The van der Waals surface area contributed by atoms with Gasteiger partial charge in [0.25, 0.3) is 5.91 Å². The first-order chi connectivity index (χ1) is 13.0. The van der Waals surface area contributed by atoms with Gasteiger partial charge in [-0.15, -0.1) is 6.58 Å². The quantitative estimate of drug-likeness (QED) is 0.569. The number of imide groups is 1. The molecule has 138 valence electrons. The molecule has 3 rings (SSSR count). The summed E-state index contributed by atoms with van der Waals surface area (Å²) in [6.07, 6.45) is 1.64. The molecule has 6 heteroatoms. The molecule has 0 bridgehead atoms. The van der Waals surface area contributed by atoms with E-state index in [1.54, 1.807) is 54.6 Å². The molecule has 1 atom stereocenters. The molecule has 1 heterocycles.